The highest BCUT2D eigenvalue weighted by Crippen LogP contribution is 2.21. The minimum absolute atomic E-state index is 0.177. The van der Waals surface area contributed by atoms with E-state index in [2.05, 4.69) is 5.32 Å². The van der Waals surface area contributed by atoms with Gasteiger partial charge in [0.2, 0.25) is 0 Å². The van der Waals surface area contributed by atoms with Crippen molar-refractivity contribution in [2.75, 3.05) is 13.1 Å². The summed E-state index contributed by atoms with van der Waals surface area (Å²) in [5.41, 5.74) is -0.444. The maximum atomic E-state index is 12.0. The second-order valence-corrected chi connectivity index (χ2v) is 7.39. The van der Waals surface area contributed by atoms with Gasteiger partial charge in [0, 0.05) is 25.2 Å². The quantitative estimate of drug-likeness (QED) is 0.768. The van der Waals surface area contributed by atoms with E-state index in [0.717, 1.165) is 32.2 Å². The van der Waals surface area contributed by atoms with E-state index in [1.165, 1.54) is 12.8 Å². The summed E-state index contributed by atoms with van der Waals surface area (Å²) in [6, 6.07) is 0.450. The molecular formula is C16H30N2O3. The molecule has 0 aromatic carbocycles. The number of aliphatic hydroxyl groups is 1. The predicted octanol–water partition coefficient (Wildman–Crippen LogP) is 2.28. The zero-order chi connectivity index (χ0) is 15.5. The summed E-state index contributed by atoms with van der Waals surface area (Å²) in [7, 11) is 0. The third-order valence-corrected chi connectivity index (χ3v) is 4.27. The number of aliphatic hydroxyl groups excluding tert-OH is 1. The maximum absolute atomic E-state index is 12.0. The molecule has 2 N–H and O–H groups in total. The van der Waals surface area contributed by atoms with Crippen molar-refractivity contribution in [3.63, 3.8) is 0 Å². The van der Waals surface area contributed by atoms with Crippen molar-refractivity contribution < 1.29 is 14.6 Å². The van der Waals surface area contributed by atoms with Gasteiger partial charge >= 0.3 is 6.09 Å². The Labute approximate surface area is 128 Å². The molecule has 3 unspecified atom stereocenters. The summed E-state index contributed by atoms with van der Waals surface area (Å²) in [6.07, 6.45) is 5.89. The van der Waals surface area contributed by atoms with E-state index in [4.69, 9.17) is 4.74 Å². The molecule has 5 nitrogen and oxygen atoms in total. The number of carbonyl (C=O) groups excluding carboxylic acids is 1. The van der Waals surface area contributed by atoms with Crippen molar-refractivity contribution >= 4 is 6.09 Å². The first kappa shape index (κ1) is 16.6. The molecule has 1 saturated carbocycles. The first-order valence-electron chi connectivity index (χ1n) is 8.27. The van der Waals surface area contributed by atoms with E-state index in [1.54, 1.807) is 4.90 Å². The van der Waals surface area contributed by atoms with Crippen molar-refractivity contribution in [1.82, 2.24) is 10.2 Å². The van der Waals surface area contributed by atoms with Crippen LogP contribution in [0.1, 0.15) is 59.3 Å². The Balaban J connectivity index is 1.80. The number of nitrogens with one attached hydrogen (secondary N) is 1. The Bertz CT molecular complexity index is 354. The molecule has 1 heterocycles. The lowest BCUT2D eigenvalue weighted by Gasteiger charge is -2.27. The first-order valence-corrected chi connectivity index (χ1v) is 8.27. The first-order chi connectivity index (χ1) is 9.85. The van der Waals surface area contributed by atoms with Gasteiger partial charge in [0.25, 0.3) is 0 Å². The lowest BCUT2D eigenvalue weighted by molar-refractivity contribution is 0.0288. The molecule has 0 bridgehead atoms. The minimum atomic E-state index is -0.444. The molecule has 1 aliphatic carbocycles. The molecule has 0 spiro atoms. The number of carbonyl (C=O) groups is 1. The summed E-state index contributed by atoms with van der Waals surface area (Å²) < 4.78 is 5.41. The highest BCUT2D eigenvalue weighted by Gasteiger charge is 2.32. The standard InChI is InChI=1S/C16H30N2O3/c1-16(2,3)21-15(20)18-10-9-12(11-18)17-13-7-5-4-6-8-14(13)19/h12-14,17,19H,4-11H2,1-3H3. The van der Waals surface area contributed by atoms with E-state index in [0.29, 0.717) is 6.54 Å². The number of nitrogens with zero attached hydrogens (tertiary/aromatic N) is 1. The lowest BCUT2D eigenvalue weighted by atomic mass is 10.0. The van der Waals surface area contributed by atoms with E-state index in [9.17, 15) is 9.90 Å². The van der Waals surface area contributed by atoms with Gasteiger partial charge in [-0.05, 0) is 40.0 Å². The molecule has 2 aliphatic rings. The van der Waals surface area contributed by atoms with Crippen molar-refractivity contribution in [1.29, 1.82) is 0 Å². The van der Waals surface area contributed by atoms with Crippen LogP contribution in [0.3, 0.4) is 0 Å². The third-order valence-electron chi connectivity index (χ3n) is 4.27. The lowest BCUT2D eigenvalue weighted by Crippen LogP contribution is -2.46. The Morgan fingerprint density at radius 1 is 1.19 bits per heavy atom. The van der Waals surface area contributed by atoms with Crippen LogP contribution in [0.2, 0.25) is 0 Å². The number of ether oxygens (including phenoxy) is 1. The second-order valence-electron chi connectivity index (χ2n) is 7.39. The smallest absolute Gasteiger partial charge is 0.410 e. The average Bonchev–Trinajstić information content (AvgIpc) is 2.74. The fourth-order valence-corrected chi connectivity index (χ4v) is 3.17. The molecule has 0 radical (unpaired) electrons. The van der Waals surface area contributed by atoms with Gasteiger partial charge in [0.15, 0.2) is 0 Å². The third kappa shape index (κ3) is 5.15. The summed E-state index contributed by atoms with van der Waals surface area (Å²) in [5, 5.41) is 13.7. The predicted molar refractivity (Wildman–Crippen MR) is 82.2 cm³/mol. The van der Waals surface area contributed by atoms with Gasteiger partial charge in [-0.1, -0.05) is 19.3 Å². The van der Waals surface area contributed by atoms with Crippen LogP contribution in [0.5, 0.6) is 0 Å². The number of amides is 1. The van der Waals surface area contributed by atoms with Gasteiger partial charge in [-0.3, -0.25) is 0 Å². The fraction of sp³-hybridized carbons (Fsp3) is 0.938. The number of hydrogen-bond acceptors (Lipinski definition) is 4. The summed E-state index contributed by atoms with van der Waals surface area (Å²) in [4.78, 5) is 13.8. The minimum Gasteiger partial charge on any atom is -0.444 e. The fourth-order valence-electron chi connectivity index (χ4n) is 3.17. The topological polar surface area (TPSA) is 61.8 Å². The van der Waals surface area contributed by atoms with Crippen molar-refractivity contribution in [2.45, 2.75) is 83.1 Å². The highest BCUT2D eigenvalue weighted by molar-refractivity contribution is 5.68. The van der Waals surface area contributed by atoms with Crippen LogP contribution < -0.4 is 5.32 Å². The largest absolute Gasteiger partial charge is 0.444 e. The van der Waals surface area contributed by atoms with E-state index < -0.39 is 5.60 Å². The highest BCUT2D eigenvalue weighted by atomic mass is 16.6. The van der Waals surface area contributed by atoms with Gasteiger partial charge in [0.05, 0.1) is 6.10 Å². The monoisotopic (exact) mass is 298 g/mol. The van der Waals surface area contributed by atoms with Crippen molar-refractivity contribution in [3.8, 4) is 0 Å². The summed E-state index contributed by atoms with van der Waals surface area (Å²) in [5.74, 6) is 0. The molecular weight excluding hydrogens is 268 g/mol. The molecule has 0 aromatic heterocycles. The molecule has 3 atom stereocenters. The van der Waals surface area contributed by atoms with Crippen molar-refractivity contribution in [2.24, 2.45) is 0 Å². The zero-order valence-corrected chi connectivity index (χ0v) is 13.6. The number of hydrogen-bond donors (Lipinski definition) is 2. The SMILES string of the molecule is CC(C)(C)OC(=O)N1CCC(NC2CCCCCC2O)C1. The maximum Gasteiger partial charge on any atom is 0.410 e. The Kier molecular flexibility index (Phi) is 5.49. The van der Waals surface area contributed by atoms with Crippen molar-refractivity contribution in [3.05, 3.63) is 0 Å². The number of rotatable bonds is 2. The van der Waals surface area contributed by atoms with Crippen LogP contribution in [0.15, 0.2) is 0 Å². The van der Waals surface area contributed by atoms with Crippen LogP contribution in [0.25, 0.3) is 0 Å². The van der Waals surface area contributed by atoms with Gasteiger partial charge in [-0.25, -0.2) is 4.79 Å². The Morgan fingerprint density at radius 2 is 1.90 bits per heavy atom. The zero-order valence-electron chi connectivity index (χ0n) is 13.6. The van der Waals surface area contributed by atoms with Gasteiger partial charge in [0.1, 0.15) is 5.60 Å². The van der Waals surface area contributed by atoms with E-state index in [1.807, 2.05) is 20.8 Å². The summed E-state index contributed by atoms with van der Waals surface area (Å²) in [6.45, 7) is 7.07. The second kappa shape index (κ2) is 6.97. The van der Waals surface area contributed by atoms with Crippen LogP contribution in [0, 0.1) is 0 Å². The average molecular weight is 298 g/mol. The molecule has 1 aliphatic heterocycles. The van der Waals surface area contributed by atoms with Gasteiger partial charge in [-0.15, -0.1) is 0 Å². The number of likely N-dealkylation sites (tertiary alicyclic amines) is 1. The van der Waals surface area contributed by atoms with Crippen LogP contribution in [0.4, 0.5) is 4.79 Å². The summed E-state index contributed by atoms with van der Waals surface area (Å²) >= 11 is 0. The van der Waals surface area contributed by atoms with Crippen LogP contribution in [-0.4, -0.2) is 53.0 Å². The van der Waals surface area contributed by atoms with E-state index in [-0.39, 0.29) is 24.3 Å². The van der Waals surface area contributed by atoms with E-state index >= 15 is 0 Å². The molecule has 2 rings (SSSR count). The molecule has 5 heteroatoms. The van der Waals surface area contributed by atoms with Gasteiger partial charge < -0.3 is 20.1 Å². The normalized spacial score (nSPS) is 31.0. The molecule has 0 aromatic rings. The molecule has 21 heavy (non-hydrogen) atoms. The molecule has 2 fully saturated rings. The molecule has 122 valence electrons. The molecule has 1 saturated heterocycles. The Hall–Kier alpha value is -0.810. The van der Waals surface area contributed by atoms with Crippen LogP contribution >= 0.6 is 0 Å². The Morgan fingerprint density at radius 3 is 2.62 bits per heavy atom. The molecule has 1 amide bonds. The van der Waals surface area contributed by atoms with Gasteiger partial charge in [-0.2, -0.15) is 0 Å². The van der Waals surface area contributed by atoms with Crippen LogP contribution in [-0.2, 0) is 4.74 Å².